The lowest BCUT2D eigenvalue weighted by Gasteiger charge is -2.22. The third kappa shape index (κ3) is 6.92. The first-order valence-corrected chi connectivity index (χ1v) is 19.0. The van der Waals surface area contributed by atoms with Crippen LogP contribution in [0.5, 0.6) is 5.75 Å². The summed E-state index contributed by atoms with van der Waals surface area (Å²) in [6.45, 7) is 7.65. The third-order valence-corrected chi connectivity index (χ3v) is 10.5. The van der Waals surface area contributed by atoms with Crippen molar-refractivity contribution >= 4 is 11.0 Å². The number of rotatable bonds is 6. The predicted octanol–water partition coefficient (Wildman–Crippen LogP) is 13.7. The van der Waals surface area contributed by atoms with Crippen molar-refractivity contribution in [2.75, 3.05) is 0 Å². The number of nitrogens with zero attached hydrogens (tertiary/aromatic N) is 3. The molecule has 0 spiro atoms. The summed E-state index contributed by atoms with van der Waals surface area (Å²) in [6.07, 6.45) is 1.85. The van der Waals surface area contributed by atoms with E-state index in [9.17, 15) is 5.11 Å². The number of aromatic nitrogens is 3. The van der Waals surface area contributed by atoms with Crippen molar-refractivity contribution < 1.29 is 13.3 Å². The summed E-state index contributed by atoms with van der Waals surface area (Å²) in [7, 11) is 0. The van der Waals surface area contributed by atoms with Crippen LogP contribution in [0.25, 0.3) is 72.7 Å². The summed E-state index contributed by atoms with van der Waals surface area (Å²) >= 11 is 0. The lowest BCUT2D eigenvalue weighted by atomic mass is 9.83. The molecule has 0 aliphatic rings. The summed E-state index contributed by atoms with van der Waals surface area (Å²) in [4.78, 5) is 10.1. The fraction of sp³-hybridized carbons (Fsp3) is 0.192. The Labute approximate surface area is 339 Å². The molecule has 1 N–H and O–H groups in total. The maximum absolute atomic E-state index is 11.3. The van der Waals surface area contributed by atoms with Gasteiger partial charge in [0.25, 0.3) is 0 Å². The van der Waals surface area contributed by atoms with Gasteiger partial charge in [0.1, 0.15) is 11.6 Å². The average molecular weight is 738 g/mol. The molecule has 0 fully saturated rings. The number of benzene rings is 6. The molecule has 0 saturated carbocycles. The van der Waals surface area contributed by atoms with E-state index in [2.05, 4.69) is 90.1 Å². The van der Waals surface area contributed by atoms with Crippen LogP contribution in [-0.4, -0.2) is 19.6 Å². The second kappa shape index (κ2) is 14.1. The molecule has 4 heteroatoms. The van der Waals surface area contributed by atoms with Crippen molar-refractivity contribution in [2.45, 2.75) is 66.1 Å². The number of para-hydroxylation sites is 2. The molecule has 2 heterocycles. The first-order chi connectivity index (χ1) is 29.2. The van der Waals surface area contributed by atoms with E-state index in [1.54, 1.807) is 54.6 Å². The largest absolute Gasteiger partial charge is 0.507 e. The summed E-state index contributed by atoms with van der Waals surface area (Å²) in [6, 6.07) is 44.2. The molecule has 0 radical (unpaired) electrons. The molecular weight excluding hydrogens is 683 g/mol. The normalized spacial score (nSPS) is 14.0. The Kier molecular flexibility index (Phi) is 7.56. The average Bonchev–Trinajstić information content (AvgIpc) is 3.62. The van der Waals surface area contributed by atoms with Gasteiger partial charge < -0.3 is 5.11 Å². The molecule has 8 rings (SSSR count). The number of phenolic OH excluding ortho intramolecular Hbond substituents is 1. The van der Waals surface area contributed by atoms with Gasteiger partial charge in [0, 0.05) is 31.2 Å². The van der Waals surface area contributed by atoms with E-state index in [1.165, 1.54) is 11.6 Å². The molecule has 4 nitrogen and oxygen atoms in total. The highest BCUT2D eigenvalue weighted by Gasteiger charge is 2.23. The third-order valence-electron chi connectivity index (χ3n) is 10.5. The van der Waals surface area contributed by atoms with Gasteiger partial charge in [0.15, 0.2) is 0 Å². The van der Waals surface area contributed by atoms with Crippen LogP contribution < -0.4 is 0 Å². The lowest BCUT2D eigenvalue weighted by molar-refractivity contribution is 0.477. The van der Waals surface area contributed by atoms with Crippen LogP contribution in [0.3, 0.4) is 0 Å². The zero-order valence-corrected chi connectivity index (χ0v) is 32.6. The summed E-state index contributed by atoms with van der Waals surface area (Å²) in [5, 5.41) is 11.3. The summed E-state index contributed by atoms with van der Waals surface area (Å²) in [5.41, 5.74) is 10.2. The molecule has 0 unspecified atom stereocenters. The highest BCUT2D eigenvalue weighted by Crippen LogP contribution is 2.41. The van der Waals surface area contributed by atoms with Crippen LogP contribution in [0.1, 0.15) is 72.0 Å². The van der Waals surface area contributed by atoms with Gasteiger partial charge in [-0.1, -0.05) is 126 Å². The maximum atomic E-state index is 11.3. The van der Waals surface area contributed by atoms with E-state index >= 15 is 0 Å². The van der Waals surface area contributed by atoms with Gasteiger partial charge in [-0.15, -0.1) is 0 Å². The minimum Gasteiger partial charge on any atom is -0.507 e. The standard InChI is InChI=1S/C52H49N3O/c1-33-27-42(32-45(34(33)2)36-15-10-9-11-16-36)55-47-19-14-18-43(49(47)54-50(55)44-17-12-13-20-48(44)56)38-28-39(30-41(29-38)52(6,7)8)46-31-37(25-26-53-46)35-21-23-40(24-22-35)51(3,4)5/h9-32,56H,1-8H3/i1D3,2D3. The Morgan fingerprint density at radius 3 is 1.98 bits per heavy atom. The Hall–Kier alpha value is -6.26. The number of fused-ring (bicyclic) bond motifs is 1. The highest BCUT2D eigenvalue weighted by atomic mass is 16.3. The van der Waals surface area contributed by atoms with Crippen molar-refractivity contribution in [2.24, 2.45) is 0 Å². The molecule has 6 aromatic carbocycles. The second-order valence-electron chi connectivity index (χ2n) is 16.5. The first-order valence-electron chi connectivity index (χ1n) is 22.0. The van der Waals surface area contributed by atoms with Crippen LogP contribution in [0, 0.1) is 13.7 Å². The number of hydrogen-bond acceptors (Lipinski definition) is 3. The molecule has 278 valence electrons. The Balaban J connectivity index is 1.38. The van der Waals surface area contributed by atoms with Crippen molar-refractivity contribution in [1.29, 1.82) is 0 Å². The van der Waals surface area contributed by atoms with Crippen LogP contribution in [0.15, 0.2) is 146 Å². The Morgan fingerprint density at radius 1 is 0.554 bits per heavy atom. The molecule has 0 atom stereocenters. The highest BCUT2D eigenvalue weighted by molar-refractivity contribution is 5.97. The van der Waals surface area contributed by atoms with Crippen molar-refractivity contribution in [1.82, 2.24) is 14.5 Å². The Morgan fingerprint density at radius 2 is 1.27 bits per heavy atom. The van der Waals surface area contributed by atoms with E-state index in [0.717, 1.165) is 39.1 Å². The number of phenols is 1. The predicted molar refractivity (Wildman–Crippen MR) is 235 cm³/mol. The van der Waals surface area contributed by atoms with E-state index in [0.29, 0.717) is 33.7 Å². The number of aromatic hydroxyl groups is 1. The van der Waals surface area contributed by atoms with Gasteiger partial charge in [-0.25, -0.2) is 4.98 Å². The maximum Gasteiger partial charge on any atom is 0.149 e. The monoisotopic (exact) mass is 737 g/mol. The van der Waals surface area contributed by atoms with Crippen LogP contribution in [0.2, 0.25) is 0 Å². The van der Waals surface area contributed by atoms with Gasteiger partial charge >= 0.3 is 0 Å². The van der Waals surface area contributed by atoms with E-state index in [1.807, 2.05) is 41.1 Å². The first kappa shape index (κ1) is 30.0. The van der Waals surface area contributed by atoms with Crippen LogP contribution >= 0.6 is 0 Å². The topological polar surface area (TPSA) is 50.9 Å². The van der Waals surface area contributed by atoms with Crippen LogP contribution in [-0.2, 0) is 10.8 Å². The summed E-state index contributed by atoms with van der Waals surface area (Å²) in [5.74, 6) is 0.349. The van der Waals surface area contributed by atoms with Gasteiger partial charge in [-0.05, 0) is 129 Å². The minimum atomic E-state index is -2.77. The molecule has 0 bridgehead atoms. The van der Waals surface area contributed by atoms with Gasteiger partial charge in [0.05, 0.1) is 22.3 Å². The minimum absolute atomic E-state index is 0.0138. The second-order valence-corrected chi connectivity index (χ2v) is 16.5. The van der Waals surface area contributed by atoms with Crippen LogP contribution in [0.4, 0.5) is 0 Å². The molecule has 0 aliphatic heterocycles. The van der Waals surface area contributed by atoms with E-state index in [-0.39, 0.29) is 33.3 Å². The SMILES string of the molecule is [2H]C([2H])([2H])c1cc(-n2c(-c3ccccc3O)nc3c(-c4cc(-c5cc(-c6ccc(C(C)(C)C)cc6)ccn5)cc(C(C)(C)C)c4)cccc32)cc(-c2ccccc2)c1C([2H])([2H])[2H]. The van der Waals surface area contributed by atoms with Crippen molar-refractivity contribution in [3.05, 3.63) is 168 Å². The van der Waals surface area contributed by atoms with E-state index in [4.69, 9.17) is 18.2 Å². The number of aryl methyl sites for hydroxylation is 1. The van der Waals surface area contributed by atoms with Crippen molar-refractivity contribution in [3.63, 3.8) is 0 Å². The lowest BCUT2D eigenvalue weighted by Crippen LogP contribution is -2.11. The molecule has 0 aliphatic carbocycles. The molecule has 2 aromatic heterocycles. The Bertz CT molecular complexity index is 2950. The number of pyridine rings is 1. The zero-order chi connectivity index (χ0) is 44.4. The molecule has 56 heavy (non-hydrogen) atoms. The van der Waals surface area contributed by atoms with Crippen molar-refractivity contribution in [3.8, 4) is 67.5 Å². The molecular formula is C52H49N3O. The van der Waals surface area contributed by atoms with Gasteiger partial charge in [-0.3, -0.25) is 9.55 Å². The summed E-state index contributed by atoms with van der Waals surface area (Å²) < 4.78 is 53.3. The molecule has 0 amide bonds. The zero-order valence-electron chi connectivity index (χ0n) is 38.6. The number of imidazole rings is 1. The number of hydrogen-bond donors (Lipinski definition) is 1. The molecule has 0 saturated heterocycles. The van der Waals surface area contributed by atoms with Gasteiger partial charge in [-0.2, -0.15) is 0 Å². The smallest absolute Gasteiger partial charge is 0.149 e. The van der Waals surface area contributed by atoms with Gasteiger partial charge in [0.2, 0.25) is 0 Å². The van der Waals surface area contributed by atoms with E-state index < -0.39 is 13.7 Å². The fourth-order valence-electron chi connectivity index (χ4n) is 7.33. The fourth-order valence-corrected chi connectivity index (χ4v) is 7.33. The molecule has 8 aromatic rings. The quantitative estimate of drug-likeness (QED) is 0.185.